The summed E-state index contributed by atoms with van der Waals surface area (Å²) in [6.07, 6.45) is 5.18. The number of carbonyl (C=O) groups is 1. The second-order valence-corrected chi connectivity index (χ2v) is 9.20. The Morgan fingerprint density at radius 2 is 2.00 bits per heavy atom. The van der Waals surface area contributed by atoms with Gasteiger partial charge in [0.2, 0.25) is 5.91 Å². The van der Waals surface area contributed by atoms with Crippen LogP contribution in [0, 0.1) is 25.7 Å². The fourth-order valence-electron chi connectivity index (χ4n) is 4.96. The van der Waals surface area contributed by atoms with Crippen LogP contribution in [0.25, 0.3) is 5.69 Å². The molecule has 2 N–H and O–H groups in total. The number of rotatable bonds is 6. The lowest BCUT2D eigenvalue weighted by atomic mass is 9.95. The number of fused-ring (bicyclic) bond motifs is 2. The number of aliphatic imine (C=N–C) groups is 1. The molecule has 174 valence electrons. The van der Waals surface area contributed by atoms with E-state index in [1.165, 1.54) is 25.7 Å². The molecule has 32 heavy (non-hydrogen) atoms. The van der Waals surface area contributed by atoms with Crippen LogP contribution in [0.15, 0.2) is 35.3 Å². The Labute approximate surface area is 208 Å². The van der Waals surface area contributed by atoms with Crippen molar-refractivity contribution in [2.45, 2.75) is 52.1 Å². The Morgan fingerprint density at radius 3 is 2.62 bits per heavy atom. The van der Waals surface area contributed by atoms with E-state index in [-0.39, 0.29) is 36.4 Å². The summed E-state index contributed by atoms with van der Waals surface area (Å²) in [6, 6.07) is 10.8. The summed E-state index contributed by atoms with van der Waals surface area (Å²) in [6.45, 7) is 4.82. The number of hydrogen-bond donors (Lipinski definition) is 2. The summed E-state index contributed by atoms with van der Waals surface area (Å²) in [5.74, 6) is 2.32. The Kier molecular flexibility index (Phi) is 8.19. The minimum absolute atomic E-state index is 0. The molecule has 1 heterocycles. The van der Waals surface area contributed by atoms with Crippen molar-refractivity contribution in [1.29, 1.82) is 0 Å². The summed E-state index contributed by atoms with van der Waals surface area (Å²) in [5, 5.41) is 11.5. The number of guanidine groups is 1. The number of aromatic nitrogens is 2. The Hall–Kier alpha value is -2.10. The number of likely N-dealkylation sites (N-methyl/N-ethyl adjacent to an activating group) is 1. The van der Waals surface area contributed by atoms with Gasteiger partial charge in [0.05, 0.1) is 24.5 Å². The maximum atomic E-state index is 12.1. The predicted octanol–water partition coefficient (Wildman–Crippen LogP) is 3.42. The zero-order valence-electron chi connectivity index (χ0n) is 19.5. The highest BCUT2D eigenvalue weighted by Crippen LogP contribution is 2.44. The lowest BCUT2D eigenvalue weighted by molar-refractivity contribution is -0.127. The molecule has 3 atom stereocenters. The number of carbonyl (C=O) groups excluding carboxylic acids is 1. The Balaban J connectivity index is 0.00000289. The van der Waals surface area contributed by atoms with Crippen LogP contribution in [0.2, 0.25) is 0 Å². The molecule has 4 rings (SSSR count). The first-order valence-corrected chi connectivity index (χ1v) is 11.3. The molecule has 2 aliphatic rings. The van der Waals surface area contributed by atoms with Crippen molar-refractivity contribution < 1.29 is 4.79 Å². The van der Waals surface area contributed by atoms with Crippen molar-refractivity contribution in [1.82, 2.24) is 25.3 Å². The number of halogens is 1. The van der Waals surface area contributed by atoms with Crippen LogP contribution in [0.1, 0.15) is 42.6 Å². The van der Waals surface area contributed by atoms with E-state index in [0.717, 1.165) is 40.4 Å². The number of para-hydroxylation sites is 1. The first-order chi connectivity index (χ1) is 14.9. The third-order valence-corrected chi connectivity index (χ3v) is 6.60. The lowest BCUT2D eigenvalue weighted by Gasteiger charge is -2.25. The number of nitrogens with zero attached hydrogens (tertiary/aromatic N) is 4. The van der Waals surface area contributed by atoms with E-state index in [0.29, 0.717) is 12.6 Å². The molecule has 1 amide bonds. The van der Waals surface area contributed by atoms with Gasteiger partial charge in [0, 0.05) is 25.8 Å². The minimum Gasteiger partial charge on any atom is -0.353 e. The van der Waals surface area contributed by atoms with E-state index in [2.05, 4.69) is 40.9 Å². The molecule has 7 nitrogen and oxygen atoms in total. The van der Waals surface area contributed by atoms with Crippen LogP contribution in [0.4, 0.5) is 0 Å². The van der Waals surface area contributed by atoms with Crippen molar-refractivity contribution in [3.8, 4) is 5.69 Å². The van der Waals surface area contributed by atoms with Crippen LogP contribution in [-0.4, -0.2) is 53.2 Å². The van der Waals surface area contributed by atoms with Crippen molar-refractivity contribution in [2.75, 3.05) is 20.6 Å². The maximum absolute atomic E-state index is 12.1. The molecule has 1 aromatic carbocycles. The van der Waals surface area contributed by atoms with E-state index in [9.17, 15) is 4.79 Å². The van der Waals surface area contributed by atoms with Crippen LogP contribution >= 0.6 is 24.0 Å². The molecular formula is C24H35IN6O. The topological polar surface area (TPSA) is 74.6 Å². The van der Waals surface area contributed by atoms with Crippen LogP contribution < -0.4 is 10.6 Å². The molecule has 1 aromatic heterocycles. The third-order valence-electron chi connectivity index (χ3n) is 6.60. The zero-order chi connectivity index (χ0) is 22.0. The van der Waals surface area contributed by atoms with E-state index in [1.54, 1.807) is 19.0 Å². The van der Waals surface area contributed by atoms with E-state index in [4.69, 9.17) is 4.99 Å². The highest BCUT2D eigenvalue weighted by Gasteiger charge is 2.39. The summed E-state index contributed by atoms with van der Waals surface area (Å²) in [5.41, 5.74) is 4.24. The monoisotopic (exact) mass is 550 g/mol. The standard InChI is InChI=1S/C24H34N6O.HI/c1-16-11-17(2)30(28-16)22-8-6-5-7-20(22)14-25-24(26-15-23(31)29(3)4)27-21-13-18-9-10-19(21)12-18;/h5-8,11,18-19,21H,9-10,12-15H2,1-4H3,(H2,25,26,27);1H. The fraction of sp³-hybridized carbons (Fsp3) is 0.542. The van der Waals surface area contributed by atoms with Crippen LogP contribution in [0.3, 0.4) is 0 Å². The van der Waals surface area contributed by atoms with Gasteiger partial charge in [-0.25, -0.2) is 9.67 Å². The van der Waals surface area contributed by atoms with Crippen molar-refractivity contribution in [2.24, 2.45) is 16.8 Å². The molecule has 2 fully saturated rings. The first-order valence-electron chi connectivity index (χ1n) is 11.3. The number of aryl methyl sites for hydroxylation is 2. The average molecular weight is 550 g/mol. The quantitative estimate of drug-likeness (QED) is 0.329. The molecule has 0 saturated heterocycles. The fourth-order valence-corrected chi connectivity index (χ4v) is 4.96. The second-order valence-electron chi connectivity index (χ2n) is 9.20. The van der Waals surface area contributed by atoms with Gasteiger partial charge in [0.1, 0.15) is 0 Å². The normalized spacial score (nSPS) is 21.9. The molecule has 2 bridgehead atoms. The average Bonchev–Trinajstić information content (AvgIpc) is 3.45. The third kappa shape index (κ3) is 5.63. The van der Waals surface area contributed by atoms with Crippen molar-refractivity contribution >= 4 is 35.8 Å². The largest absolute Gasteiger partial charge is 0.353 e. The van der Waals surface area contributed by atoms with Gasteiger partial charge in [-0.3, -0.25) is 4.79 Å². The first kappa shape index (κ1) is 24.5. The predicted molar refractivity (Wildman–Crippen MR) is 139 cm³/mol. The van der Waals surface area contributed by atoms with Gasteiger partial charge in [-0.2, -0.15) is 5.10 Å². The molecule has 2 saturated carbocycles. The molecule has 0 spiro atoms. The SMILES string of the molecule is Cc1cc(C)n(-c2ccccc2CN=C(NCC(=O)N(C)C)NC2CC3CCC2C3)n1.I. The summed E-state index contributed by atoms with van der Waals surface area (Å²) in [7, 11) is 3.55. The molecule has 0 aliphatic heterocycles. The van der Waals surface area contributed by atoms with Gasteiger partial charge in [0.25, 0.3) is 0 Å². The zero-order valence-corrected chi connectivity index (χ0v) is 21.8. The summed E-state index contributed by atoms with van der Waals surface area (Å²) in [4.78, 5) is 18.6. The molecule has 8 heteroatoms. The molecule has 2 aromatic rings. The van der Waals surface area contributed by atoms with Gasteiger partial charge in [-0.15, -0.1) is 24.0 Å². The van der Waals surface area contributed by atoms with Crippen molar-refractivity contribution in [3.05, 3.63) is 47.3 Å². The number of benzene rings is 1. The van der Waals surface area contributed by atoms with Gasteiger partial charge >= 0.3 is 0 Å². The van der Waals surface area contributed by atoms with E-state index < -0.39 is 0 Å². The van der Waals surface area contributed by atoms with Gasteiger partial charge in [-0.05, 0) is 62.6 Å². The molecule has 0 radical (unpaired) electrons. The van der Waals surface area contributed by atoms with Gasteiger partial charge in [0.15, 0.2) is 5.96 Å². The highest BCUT2D eigenvalue weighted by atomic mass is 127. The molecular weight excluding hydrogens is 515 g/mol. The van der Waals surface area contributed by atoms with Gasteiger partial charge < -0.3 is 15.5 Å². The highest BCUT2D eigenvalue weighted by molar-refractivity contribution is 14.0. The number of amides is 1. The van der Waals surface area contributed by atoms with Crippen molar-refractivity contribution in [3.63, 3.8) is 0 Å². The van der Waals surface area contributed by atoms with Crippen LogP contribution in [-0.2, 0) is 11.3 Å². The smallest absolute Gasteiger partial charge is 0.241 e. The maximum Gasteiger partial charge on any atom is 0.241 e. The minimum atomic E-state index is 0. The Bertz CT molecular complexity index is 969. The summed E-state index contributed by atoms with van der Waals surface area (Å²) < 4.78 is 1.98. The van der Waals surface area contributed by atoms with Crippen LogP contribution in [0.5, 0.6) is 0 Å². The van der Waals surface area contributed by atoms with E-state index in [1.807, 2.05) is 23.7 Å². The number of nitrogens with one attached hydrogen (secondary N) is 2. The number of hydrogen-bond acceptors (Lipinski definition) is 3. The Morgan fingerprint density at radius 1 is 1.22 bits per heavy atom. The molecule has 2 aliphatic carbocycles. The van der Waals surface area contributed by atoms with Gasteiger partial charge in [-0.1, -0.05) is 24.6 Å². The van der Waals surface area contributed by atoms with E-state index >= 15 is 0 Å². The lowest BCUT2D eigenvalue weighted by Crippen LogP contribution is -2.48. The second kappa shape index (κ2) is 10.7. The molecule has 3 unspecified atom stereocenters. The summed E-state index contributed by atoms with van der Waals surface area (Å²) >= 11 is 0.